The van der Waals surface area contributed by atoms with Crippen molar-refractivity contribution in [3.63, 3.8) is 0 Å². The molecule has 1 unspecified atom stereocenters. The summed E-state index contributed by atoms with van der Waals surface area (Å²) in [4.78, 5) is 14.5. The molecule has 0 radical (unpaired) electrons. The summed E-state index contributed by atoms with van der Waals surface area (Å²) in [5.41, 5.74) is 7.08. The quantitative estimate of drug-likeness (QED) is 0.718. The monoisotopic (exact) mass is 375 g/mol. The van der Waals surface area contributed by atoms with E-state index < -0.39 is 0 Å². The summed E-state index contributed by atoms with van der Waals surface area (Å²) in [5.74, 6) is 0.0484. The smallest absolute Gasteiger partial charge is 0.221 e. The highest BCUT2D eigenvalue weighted by Gasteiger charge is 2.11. The maximum Gasteiger partial charge on any atom is 0.221 e. The Balaban J connectivity index is 0.00000264. The maximum absolute atomic E-state index is 11.9. The Kier molecular flexibility index (Phi) is 13.0. The lowest BCUT2D eigenvalue weighted by Gasteiger charge is -2.19. The molecule has 0 aliphatic carbocycles. The Morgan fingerprint density at radius 1 is 1.08 bits per heavy atom. The van der Waals surface area contributed by atoms with Gasteiger partial charge in [0.1, 0.15) is 0 Å². The second-order valence-corrected chi connectivity index (χ2v) is 6.18. The molecule has 1 aromatic rings. The molecule has 1 saturated heterocycles. The zero-order chi connectivity index (χ0) is 15.6. The first-order valence-corrected chi connectivity index (χ1v) is 8.55. The van der Waals surface area contributed by atoms with Gasteiger partial charge < -0.3 is 16.0 Å². The van der Waals surface area contributed by atoms with Crippen LogP contribution in [0, 0.1) is 0 Å². The van der Waals surface area contributed by atoms with E-state index in [0.29, 0.717) is 6.42 Å². The molecule has 2 rings (SSSR count). The number of amides is 1. The molecule has 6 heteroatoms. The summed E-state index contributed by atoms with van der Waals surface area (Å²) < 4.78 is 0. The predicted octanol–water partition coefficient (Wildman–Crippen LogP) is 3.30. The van der Waals surface area contributed by atoms with E-state index in [2.05, 4.69) is 10.2 Å². The summed E-state index contributed by atoms with van der Waals surface area (Å²) in [6, 6.07) is 9.59. The Bertz CT molecular complexity index is 437. The van der Waals surface area contributed by atoms with Crippen molar-refractivity contribution in [3.05, 3.63) is 35.9 Å². The van der Waals surface area contributed by atoms with Crippen LogP contribution in [0.25, 0.3) is 0 Å². The fraction of sp³-hybridized carbons (Fsp3) is 0.611. The maximum atomic E-state index is 11.9. The Labute approximate surface area is 158 Å². The van der Waals surface area contributed by atoms with Gasteiger partial charge in [-0.25, -0.2) is 0 Å². The minimum Gasteiger partial charge on any atom is -0.356 e. The Morgan fingerprint density at radius 3 is 2.33 bits per heavy atom. The molecule has 1 aliphatic heterocycles. The summed E-state index contributed by atoms with van der Waals surface area (Å²) in [7, 11) is 0. The second-order valence-electron chi connectivity index (χ2n) is 6.18. The van der Waals surface area contributed by atoms with E-state index in [1.54, 1.807) is 0 Å². The third-order valence-electron chi connectivity index (χ3n) is 4.31. The standard InChI is InChI=1S/C18H29N3O.2ClH/c19-17(16-9-4-3-5-10-16)15-18(22)20-11-8-14-21-12-6-1-2-7-13-21;;/h3-5,9-10,17H,1-2,6-8,11-15,19H2,(H,20,22);2*1H. The van der Waals surface area contributed by atoms with Crippen molar-refractivity contribution in [1.82, 2.24) is 10.2 Å². The highest BCUT2D eigenvalue weighted by Crippen LogP contribution is 2.13. The van der Waals surface area contributed by atoms with Crippen molar-refractivity contribution in [1.29, 1.82) is 0 Å². The number of hydrogen-bond acceptors (Lipinski definition) is 3. The number of likely N-dealkylation sites (tertiary alicyclic amines) is 1. The van der Waals surface area contributed by atoms with Crippen molar-refractivity contribution in [2.45, 2.75) is 44.6 Å². The van der Waals surface area contributed by atoms with Gasteiger partial charge in [-0.2, -0.15) is 0 Å². The molecule has 0 bridgehead atoms. The van der Waals surface area contributed by atoms with Gasteiger partial charge in [-0.3, -0.25) is 4.79 Å². The molecule has 1 atom stereocenters. The lowest BCUT2D eigenvalue weighted by molar-refractivity contribution is -0.121. The Hall–Kier alpha value is -0.810. The summed E-state index contributed by atoms with van der Waals surface area (Å²) in [5, 5.41) is 2.99. The molecule has 0 spiro atoms. The molecule has 0 aromatic heterocycles. The van der Waals surface area contributed by atoms with Crippen LogP contribution in [-0.4, -0.2) is 37.0 Å². The molecule has 24 heavy (non-hydrogen) atoms. The van der Waals surface area contributed by atoms with Gasteiger partial charge in [0.15, 0.2) is 0 Å². The first-order chi connectivity index (χ1) is 10.8. The lowest BCUT2D eigenvalue weighted by atomic mass is 10.0. The normalized spacial score (nSPS) is 16.2. The number of nitrogens with zero attached hydrogens (tertiary/aromatic N) is 1. The average molecular weight is 376 g/mol. The molecule has 138 valence electrons. The van der Waals surface area contributed by atoms with Gasteiger partial charge in [-0.1, -0.05) is 43.2 Å². The van der Waals surface area contributed by atoms with Crippen LogP contribution in [0.5, 0.6) is 0 Å². The van der Waals surface area contributed by atoms with E-state index in [9.17, 15) is 4.79 Å². The number of halogens is 2. The number of hydrogen-bond donors (Lipinski definition) is 2. The van der Waals surface area contributed by atoms with Crippen LogP contribution in [-0.2, 0) is 4.79 Å². The van der Waals surface area contributed by atoms with Crippen molar-refractivity contribution in [3.8, 4) is 0 Å². The van der Waals surface area contributed by atoms with Crippen molar-refractivity contribution in [2.24, 2.45) is 5.73 Å². The van der Waals surface area contributed by atoms with E-state index in [-0.39, 0.29) is 36.8 Å². The SMILES string of the molecule is Cl.Cl.NC(CC(=O)NCCCN1CCCCCC1)c1ccccc1. The number of rotatable bonds is 7. The van der Waals surface area contributed by atoms with Gasteiger partial charge >= 0.3 is 0 Å². The van der Waals surface area contributed by atoms with Crippen molar-refractivity contribution >= 4 is 30.7 Å². The topological polar surface area (TPSA) is 58.4 Å². The first-order valence-electron chi connectivity index (χ1n) is 8.55. The molecule has 1 heterocycles. The van der Waals surface area contributed by atoms with Gasteiger partial charge in [0.2, 0.25) is 5.91 Å². The van der Waals surface area contributed by atoms with Gasteiger partial charge in [0.05, 0.1) is 0 Å². The van der Waals surface area contributed by atoms with Gasteiger partial charge in [0, 0.05) is 19.0 Å². The number of nitrogens with one attached hydrogen (secondary N) is 1. The fourth-order valence-corrected chi connectivity index (χ4v) is 2.98. The van der Waals surface area contributed by atoms with Gasteiger partial charge in [-0.15, -0.1) is 24.8 Å². The van der Waals surface area contributed by atoms with Gasteiger partial charge in [0.25, 0.3) is 0 Å². The van der Waals surface area contributed by atoms with E-state index in [1.807, 2.05) is 30.3 Å². The van der Waals surface area contributed by atoms with Gasteiger partial charge in [-0.05, 0) is 44.5 Å². The number of carbonyl (C=O) groups is 1. The van der Waals surface area contributed by atoms with Crippen LogP contribution in [0.2, 0.25) is 0 Å². The van der Waals surface area contributed by atoms with Crippen LogP contribution in [0.1, 0.15) is 50.1 Å². The minimum absolute atomic E-state index is 0. The molecule has 1 amide bonds. The first kappa shape index (κ1) is 23.2. The van der Waals surface area contributed by atoms with E-state index >= 15 is 0 Å². The molecule has 1 aliphatic rings. The number of benzene rings is 1. The van der Waals surface area contributed by atoms with E-state index in [4.69, 9.17) is 5.73 Å². The zero-order valence-corrected chi connectivity index (χ0v) is 15.9. The Morgan fingerprint density at radius 2 is 1.71 bits per heavy atom. The van der Waals surface area contributed by atoms with Crippen LogP contribution < -0.4 is 11.1 Å². The minimum atomic E-state index is -0.216. The molecular weight excluding hydrogens is 345 g/mol. The van der Waals surface area contributed by atoms with Crippen molar-refractivity contribution < 1.29 is 4.79 Å². The molecule has 1 aromatic carbocycles. The fourth-order valence-electron chi connectivity index (χ4n) is 2.98. The molecular formula is C18H31Cl2N3O. The third kappa shape index (κ3) is 8.88. The highest BCUT2D eigenvalue weighted by molar-refractivity contribution is 5.85. The lowest BCUT2D eigenvalue weighted by Crippen LogP contribution is -2.32. The van der Waals surface area contributed by atoms with E-state index in [1.165, 1.54) is 38.8 Å². The predicted molar refractivity (Wildman–Crippen MR) is 105 cm³/mol. The number of carbonyl (C=O) groups excluding carboxylic acids is 1. The molecule has 3 N–H and O–H groups in total. The zero-order valence-electron chi connectivity index (χ0n) is 14.3. The molecule has 4 nitrogen and oxygen atoms in total. The summed E-state index contributed by atoms with van der Waals surface area (Å²) in [6.45, 7) is 4.27. The molecule has 1 fully saturated rings. The van der Waals surface area contributed by atoms with Crippen LogP contribution in [0.3, 0.4) is 0 Å². The highest BCUT2D eigenvalue weighted by atomic mass is 35.5. The number of nitrogens with two attached hydrogens (primary N) is 1. The average Bonchev–Trinajstić information content (AvgIpc) is 2.81. The summed E-state index contributed by atoms with van der Waals surface area (Å²) >= 11 is 0. The second kappa shape index (κ2) is 13.5. The largest absolute Gasteiger partial charge is 0.356 e. The third-order valence-corrected chi connectivity index (χ3v) is 4.31. The summed E-state index contributed by atoms with van der Waals surface area (Å²) in [6.07, 6.45) is 6.74. The van der Waals surface area contributed by atoms with Crippen LogP contribution >= 0.6 is 24.8 Å². The van der Waals surface area contributed by atoms with Crippen LogP contribution in [0.4, 0.5) is 0 Å². The van der Waals surface area contributed by atoms with E-state index in [0.717, 1.165) is 25.1 Å². The molecule has 0 saturated carbocycles. The van der Waals surface area contributed by atoms with Crippen LogP contribution in [0.15, 0.2) is 30.3 Å². The van der Waals surface area contributed by atoms with Crippen molar-refractivity contribution in [2.75, 3.05) is 26.2 Å².